The normalized spacial score (nSPS) is 23.9. The average Bonchev–Trinajstić information content (AvgIpc) is 2.93. The summed E-state index contributed by atoms with van der Waals surface area (Å²) < 4.78 is 11.2. The van der Waals surface area contributed by atoms with Gasteiger partial charge in [0.15, 0.2) is 5.58 Å². The average molecular weight is 267 g/mol. The molecule has 0 aliphatic carbocycles. The highest BCUT2D eigenvalue weighted by Crippen LogP contribution is 2.30. The van der Waals surface area contributed by atoms with E-state index in [1.165, 1.54) is 0 Å². The minimum atomic E-state index is 0.125. The van der Waals surface area contributed by atoms with Crippen LogP contribution in [0.25, 0.3) is 11.1 Å². The molecule has 0 saturated carbocycles. The number of hydrogen-bond donors (Lipinski definition) is 1. The molecule has 1 fully saturated rings. The molecule has 18 heavy (non-hydrogen) atoms. The van der Waals surface area contributed by atoms with Crippen molar-refractivity contribution in [2.75, 3.05) is 13.7 Å². The van der Waals surface area contributed by atoms with Crippen LogP contribution in [-0.2, 0) is 4.74 Å². The van der Waals surface area contributed by atoms with Gasteiger partial charge in [-0.3, -0.25) is 0 Å². The molecule has 2 heterocycles. The highest BCUT2D eigenvalue weighted by atomic mass is 35.5. The number of rotatable bonds is 2. The van der Waals surface area contributed by atoms with Crippen LogP contribution in [0.5, 0.6) is 0 Å². The van der Waals surface area contributed by atoms with Crippen LogP contribution in [0.15, 0.2) is 16.5 Å². The molecule has 0 amide bonds. The molecule has 5 heteroatoms. The number of halogens is 1. The maximum absolute atomic E-state index is 6.02. The van der Waals surface area contributed by atoms with Gasteiger partial charge in [0.1, 0.15) is 5.52 Å². The monoisotopic (exact) mass is 266 g/mol. The van der Waals surface area contributed by atoms with Gasteiger partial charge in [-0.1, -0.05) is 11.6 Å². The Morgan fingerprint density at radius 1 is 1.50 bits per heavy atom. The molecule has 3 rings (SSSR count). The first-order chi connectivity index (χ1) is 8.67. The van der Waals surface area contributed by atoms with Crippen molar-refractivity contribution in [1.29, 1.82) is 0 Å². The zero-order valence-electron chi connectivity index (χ0n) is 10.4. The Morgan fingerprint density at radius 3 is 3.06 bits per heavy atom. The smallest absolute Gasteiger partial charge is 0.212 e. The third-order valence-corrected chi connectivity index (χ3v) is 3.60. The standard InChI is InChI=1S/C13H15ClN2O2/c1-7-3-8(14)4-10-12(7)18-13(16-10)11-5-9(17-2)6-15-11/h3-4,9,11,15H,5-6H2,1-2H3. The molecule has 1 aromatic carbocycles. The summed E-state index contributed by atoms with van der Waals surface area (Å²) in [7, 11) is 1.73. The van der Waals surface area contributed by atoms with Crippen molar-refractivity contribution in [3.8, 4) is 0 Å². The van der Waals surface area contributed by atoms with Crippen molar-refractivity contribution in [2.45, 2.75) is 25.5 Å². The van der Waals surface area contributed by atoms with Gasteiger partial charge < -0.3 is 14.5 Å². The lowest BCUT2D eigenvalue weighted by Gasteiger charge is -2.04. The van der Waals surface area contributed by atoms with E-state index in [9.17, 15) is 0 Å². The molecular formula is C13H15ClN2O2. The molecule has 0 bridgehead atoms. The van der Waals surface area contributed by atoms with Gasteiger partial charge in [0.05, 0.1) is 12.1 Å². The number of oxazole rings is 1. The van der Waals surface area contributed by atoms with E-state index in [0.29, 0.717) is 5.02 Å². The SMILES string of the molecule is COC1CNC(c2nc3cc(Cl)cc(C)c3o2)C1. The van der Waals surface area contributed by atoms with Gasteiger partial charge in [-0.25, -0.2) is 4.98 Å². The fourth-order valence-electron chi connectivity index (χ4n) is 2.39. The highest BCUT2D eigenvalue weighted by Gasteiger charge is 2.29. The van der Waals surface area contributed by atoms with Gasteiger partial charge in [0.25, 0.3) is 0 Å². The minimum Gasteiger partial charge on any atom is -0.439 e. The molecule has 96 valence electrons. The Morgan fingerprint density at radius 2 is 2.33 bits per heavy atom. The van der Waals surface area contributed by atoms with E-state index in [0.717, 1.165) is 35.5 Å². The number of benzene rings is 1. The Hall–Kier alpha value is -1.10. The molecule has 1 saturated heterocycles. The Balaban J connectivity index is 1.96. The van der Waals surface area contributed by atoms with Gasteiger partial charge in [-0.15, -0.1) is 0 Å². The van der Waals surface area contributed by atoms with E-state index < -0.39 is 0 Å². The van der Waals surface area contributed by atoms with Crippen molar-refractivity contribution in [2.24, 2.45) is 0 Å². The zero-order chi connectivity index (χ0) is 12.7. The number of hydrogen-bond acceptors (Lipinski definition) is 4. The predicted octanol–water partition coefficient (Wildman–Crippen LogP) is 2.84. The van der Waals surface area contributed by atoms with E-state index in [-0.39, 0.29) is 12.1 Å². The van der Waals surface area contributed by atoms with E-state index in [1.807, 2.05) is 19.1 Å². The third kappa shape index (κ3) is 2.00. The van der Waals surface area contributed by atoms with Crippen molar-refractivity contribution in [1.82, 2.24) is 10.3 Å². The lowest BCUT2D eigenvalue weighted by atomic mass is 10.2. The van der Waals surface area contributed by atoms with Gasteiger partial charge in [0, 0.05) is 18.7 Å². The third-order valence-electron chi connectivity index (χ3n) is 3.38. The predicted molar refractivity (Wildman–Crippen MR) is 69.9 cm³/mol. The molecular weight excluding hydrogens is 252 g/mol. The van der Waals surface area contributed by atoms with E-state index in [2.05, 4.69) is 10.3 Å². The minimum absolute atomic E-state index is 0.125. The van der Waals surface area contributed by atoms with Crippen LogP contribution in [0.3, 0.4) is 0 Å². The Kier molecular flexibility index (Phi) is 3.01. The number of aromatic nitrogens is 1. The van der Waals surface area contributed by atoms with Crippen molar-refractivity contribution < 1.29 is 9.15 Å². The first-order valence-corrected chi connectivity index (χ1v) is 6.38. The van der Waals surface area contributed by atoms with Crippen LogP contribution in [0.1, 0.15) is 23.9 Å². The maximum Gasteiger partial charge on any atom is 0.212 e. The number of nitrogens with zero attached hydrogens (tertiary/aromatic N) is 1. The Bertz CT molecular complexity index is 582. The van der Waals surface area contributed by atoms with Crippen molar-refractivity contribution >= 4 is 22.7 Å². The van der Waals surface area contributed by atoms with Gasteiger partial charge in [0.2, 0.25) is 5.89 Å². The molecule has 2 aromatic rings. The van der Waals surface area contributed by atoms with Gasteiger partial charge in [-0.2, -0.15) is 0 Å². The summed E-state index contributed by atoms with van der Waals surface area (Å²) in [6.45, 7) is 2.81. The van der Waals surface area contributed by atoms with Crippen LogP contribution in [0.4, 0.5) is 0 Å². The number of fused-ring (bicyclic) bond motifs is 1. The fraction of sp³-hybridized carbons (Fsp3) is 0.462. The van der Waals surface area contributed by atoms with E-state index >= 15 is 0 Å². The van der Waals surface area contributed by atoms with Crippen LogP contribution in [0, 0.1) is 6.92 Å². The summed E-state index contributed by atoms with van der Waals surface area (Å²) in [5, 5.41) is 4.04. The van der Waals surface area contributed by atoms with Crippen LogP contribution in [0.2, 0.25) is 5.02 Å². The summed E-state index contributed by atoms with van der Waals surface area (Å²) in [4.78, 5) is 4.52. The summed E-state index contributed by atoms with van der Waals surface area (Å²) in [5.74, 6) is 0.718. The molecule has 0 spiro atoms. The summed E-state index contributed by atoms with van der Waals surface area (Å²) in [6.07, 6.45) is 1.12. The molecule has 1 aliphatic heterocycles. The van der Waals surface area contributed by atoms with E-state index in [4.69, 9.17) is 20.8 Å². The molecule has 4 nitrogen and oxygen atoms in total. The van der Waals surface area contributed by atoms with Crippen molar-refractivity contribution in [3.63, 3.8) is 0 Å². The lowest BCUT2D eigenvalue weighted by Crippen LogP contribution is -2.16. The second-order valence-electron chi connectivity index (χ2n) is 4.68. The highest BCUT2D eigenvalue weighted by molar-refractivity contribution is 6.31. The number of aryl methyl sites for hydroxylation is 1. The summed E-state index contributed by atoms with van der Waals surface area (Å²) in [5.41, 5.74) is 2.65. The summed E-state index contributed by atoms with van der Waals surface area (Å²) >= 11 is 6.02. The second-order valence-corrected chi connectivity index (χ2v) is 5.11. The van der Waals surface area contributed by atoms with Crippen LogP contribution < -0.4 is 5.32 Å². The number of methoxy groups -OCH3 is 1. The number of ether oxygens (including phenoxy) is 1. The van der Waals surface area contributed by atoms with Crippen LogP contribution in [-0.4, -0.2) is 24.7 Å². The first-order valence-electron chi connectivity index (χ1n) is 6.00. The molecule has 1 aliphatic rings. The molecule has 1 N–H and O–H groups in total. The zero-order valence-corrected chi connectivity index (χ0v) is 11.1. The largest absolute Gasteiger partial charge is 0.439 e. The van der Waals surface area contributed by atoms with Gasteiger partial charge >= 0.3 is 0 Å². The summed E-state index contributed by atoms with van der Waals surface area (Å²) in [6, 6.07) is 3.85. The second kappa shape index (κ2) is 4.53. The maximum atomic E-state index is 6.02. The van der Waals surface area contributed by atoms with Crippen molar-refractivity contribution in [3.05, 3.63) is 28.6 Å². The van der Waals surface area contributed by atoms with E-state index in [1.54, 1.807) is 7.11 Å². The first kappa shape index (κ1) is 12.0. The molecule has 1 aromatic heterocycles. The fourth-order valence-corrected chi connectivity index (χ4v) is 2.66. The number of nitrogens with one attached hydrogen (secondary N) is 1. The quantitative estimate of drug-likeness (QED) is 0.908. The Labute approximate surface area is 110 Å². The lowest BCUT2D eigenvalue weighted by molar-refractivity contribution is 0.116. The molecule has 2 unspecified atom stereocenters. The van der Waals surface area contributed by atoms with Gasteiger partial charge in [-0.05, 0) is 31.0 Å². The topological polar surface area (TPSA) is 47.3 Å². The molecule has 2 atom stereocenters. The van der Waals surface area contributed by atoms with Crippen LogP contribution >= 0.6 is 11.6 Å². The molecule has 0 radical (unpaired) electrons.